The van der Waals surface area contributed by atoms with Gasteiger partial charge < -0.3 is 19.5 Å². The Hall–Kier alpha value is -4.26. The number of nitrogens with zero attached hydrogens (tertiary/aromatic N) is 2. The van der Waals surface area contributed by atoms with E-state index in [-0.39, 0.29) is 11.9 Å². The zero-order chi connectivity index (χ0) is 24.2. The fourth-order valence-corrected chi connectivity index (χ4v) is 4.36. The molecule has 1 aromatic heterocycles. The summed E-state index contributed by atoms with van der Waals surface area (Å²) >= 11 is 0. The Morgan fingerprint density at radius 1 is 1.03 bits per heavy atom. The predicted octanol–water partition coefficient (Wildman–Crippen LogP) is 4.87. The van der Waals surface area contributed by atoms with Gasteiger partial charge in [-0.05, 0) is 29.8 Å². The van der Waals surface area contributed by atoms with Crippen LogP contribution >= 0.6 is 0 Å². The van der Waals surface area contributed by atoms with Gasteiger partial charge in [-0.15, -0.1) is 0 Å². The first-order chi connectivity index (χ1) is 17.2. The van der Waals surface area contributed by atoms with Gasteiger partial charge in [0.2, 0.25) is 0 Å². The molecule has 1 aliphatic rings. The highest BCUT2D eigenvalue weighted by Gasteiger charge is 2.26. The Morgan fingerprint density at radius 3 is 2.60 bits per heavy atom. The lowest BCUT2D eigenvalue weighted by Gasteiger charge is -2.26. The molecule has 4 aromatic rings. The van der Waals surface area contributed by atoms with Gasteiger partial charge in [-0.3, -0.25) is 9.48 Å². The van der Waals surface area contributed by atoms with E-state index in [0.29, 0.717) is 42.3 Å². The van der Waals surface area contributed by atoms with Crippen LogP contribution in [0.3, 0.4) is 0 Å². The summed E-state index contributed by atoms with van der Waals surface area (Å²) in [5.74, 6) is 1.82. The largest absolute Gasteiger partial charge is 0.493 e. The maximum Gasteiger partial charge on any atom is 0.255 e. The number of para-hydroxylation sites is 1. The van der Waals surface area contributed by atoms with E-state index in [0.717, 1.165) is 22.4 Å². The molecule has 1 aliphatic heterocycles. The third-order valence-corrected chi connectivity index (χ3v) is 6.11. The van der Waals surface area contributed by atoms with Crippen LogP contribution in [0.25, 0.3) is 11.3 Å². The summed E-state index contributed by atoms with van der Waals surface area (Å²) in [6.07, 6.45) is 2.51. The molecular weight excluding hydrogens is 442 g/mol. The number of hydrogen-bond acceptors (Lipinski definition) is 5. The Kier molecular flexibility index (Phi) is 6.39. The van der Waals surface area contributed by atoms with Gasteiger partial charge >= 0.3 is 0 Å². The number of hydrogen-bond donors (Lipinski definition) is 1. The number of carbonyl (C=O) groups is 1. The number of benzene rings is 3. The van der Waals surface area contributed by atoms with Crippen LogP contribution in [0, 0.1) is 0 Å². The van der Waals surface area contributed by atoms with Crippen LogP contribution in [0.1, 0.15) is 33.9 Å². The number of rotatable bonds is 7. The highest BCUT2D eigenvalue weighted by Crippen LogP contribution is 2.35. The van der Waals surface area contributed by atoms with Crippen molar-refractivity contribution in [1.82, 2.24) is 15.1 Å². The summed E-state index contributed by atoms with van der Waals surface area (Å²) in [5.41, 5.74) is 3.93. The van der Waals surface area contributed by atoms with E-state index in [4.69, 9.17) is 19.3 Å². The molecule has 0 aliphatic carbocycles. The monoisotopic (exact) mass is 469 g/mol. The molecule has 1 N–H and O–H groups in total. The maximum absolute atomic E-state index is 13.6. The van der Waals surface area contributed by atoms with Crippen molar-refractivity contribution in [2.75, 3.05) is 20.8 Å². The predicted molar refractivity (Wildman–Crippen MR) is 133 cm³/mol. The quantitative estimate of drug-likeness (QED) is 0.418. The van der Waals surface area contributed by atoms with Gasteiger partial charge in [0.25, 0.3) is 5.91 Å². The first kappa shape index (κ1) is 22.5. The number of methoxy groups -OCH3 is 2. The second-order valence-corrected chi connectivity index (χ2v) is 8.35. The van der Waals surface area contributed by atoms with Gasteiger partial charge in [0.05, 0.1) is 39.0 Å². The zero-order valence-corrected chi connectivity index (χ0v) is 19.7. The molecule has 5 rings (SSSR count). The number of amides is 1. The number of aromatic nitrogens is 2. The summed E-state index contributed by atoms with van der Waals surface area (Å²) in [7, 11) is 3.18. The van der Waals surface area contributed by atoms with Crippen molar-refractivity contribution >= 4 is 5.91 Å². The SMILES string of the molecule is COc1ccc(-c2nn(Cc3ccccc3)cc2C(=O)N[C@H]2CCOc3ccccc32)cc1OC. The first-order valence-corrected chi connectivity index (χ1v) is 11.5. The average Bonchev–Trinajstić information content (AvgIpc) is 3.33. The van der Waals surface area contributed by atoms with Crippen molar-refractivity contribution in [2.45, 2.75) is 19.0 Å². The second-order valence-electron chi connectivity index (χ2n) is 8.35. The van der Waals surface area contributed by atoms with E-state index < -0.39 is 0 Å². The average molecular weight is 470 g/mol. The van der Waals surface area contributed by atoms with Crippen LogP contribution in [0.2, 0.25) is 0 Å². The normalized spacial score (nSPS) is 14.5. The van der Waals surface area contributed by atoms with Crippen LogP contribution in [-0.4, -0.2) is 36.5 Å². The number of fused-ring (bicyclic) bond motifs is 1. The molecule has 0 saturated carbocycles. The molecule has 0 radical (unpaired) electrons. The Morgan fingerprint density at radius 2 is 1.80 bits per heavy atom. The fraction of sp³-hybridized carbons (Fsp3) is 0.214. The van der Waals surface area contributed by atoms with Crippen LogP contribution in [-0.2, 0) is 6.54 Å². The molecule has 0 bridgehead atoms. The molecule has 1 atom stereocenters. The Balaban J connectivity index is 1.51. The third-order valence-electron chi connectivity index (χ3n) is 6.11. The summed E-state index contributed by atoms with van der Waals surface area (Å²) in [4.78, 5) is 13.6. The van der Waals surface area contributed by atoms with E-state index in [1.165, 1.54) is 0 Å². The molecule has 0 spiro atoms. The molecule has 1 amide bonds. The lowest BCUT2D eigenvalue weighted by atomic mass is 10.00. The molecule has 7 heteroatoms. The van der Waals surface area contributed by atoms with Crippen molar-refractivity contribution in [1.29, 1.82) is 0 Å². The zero-order valence-electron chi connectivity index (χ0n) is 19.7. The van der Waals surface area contributed by atoms with Gasteiger partial charge in [0.1, 0.15) is 11.4 Å². The minimum Gasteiger partial charge on any atom is -0.493 e. The van der Waals surface area contributed by atoms with Gasteiger partial charge in [0, 0.05) is 23.7 Å². The van der Waals surface area contributed by atoms with Gasteiger partial charge in [-0.2, -0.15) is 5.10 Å². The Labute approximate surface area is 204 Å². The van der Waals surface area contributed by atoms with E-state index >= 15 is 0 Å². The minimum absolute atomic E-state index is 0.136. The summed E-state index contributed by atoms with van der Waals surface area (Å²) in [6, 6.07) is 23.3. The van der Waals surface area contributed by atoms with Crippen LogP contribution in [0.15, 0.2) is 79.0 Å². The minimum atomic E-state index is -0.184. The molecule has 178 valence electrons. The molecule has 3 aromatic carbocycles. The van der Waals surface area contributed by atoms with Gasteiger partial charge in [-0.1, -0.05) is 48.5 Å². The lowest BCUT2D eigenvalue weighted by molar-refractivity contribution is 0.0925. The molecule has 0 saturated heterocycles. The van der Waals surface area contributed by atoms with Crippen molar-refractivity contribution in [3.63, 3.8) is 0 Å². The van der Waals surface area contributed by atoms with E-state index in [1.807, 2.05) is 72.8 Å². The van der Waals surface area contributed by atoms with E-state index in [2.05, 4.69) is 5.32 Å². The van der Waals surface area contributed by atoms with Crippen molar-refractivity contribution in [3.8, 4) is 28.5 Å². The molecule has 0 fully saturated rings. The topological polar surface area (TPSA) is 74.6 Å². The third kappa shape index (κ3) is 4.71. The summed E-state index contributed by atoms with van der Waals surface area (Å²) in [6.45, 7) is 1.10. The maximum atomic E-state index is 13.6. The van der Waals surface area contributed by atoms with Crippen molar-refractivity contribution < 1.29 is 19.0 Å². The molecular formula is C28H27N3O4. The first-order valence-electron chi connectivity index (χ1n) is 11.5. The van der Waals surface area contributed by atoms with Crippen LogP contribution in [0.5, 0.6) is 17.2 Å². The second kappa shape index (κ2) is 9.93. The number of nitrogens with one attached hydrogen (secondary N) is 1. The number of carbonyl (C=O) groups excluding carboxylic acids is 1. The molecule has 0 unspecified atom stereocenters. The Bertz CT molecular complexity index is 1330. The van der Waals surface area contributed by atoms with Crippen LogP contribution < -0.4 is 19.5 Å². The van der Waals surface area contributed by atoms with Gasteiger partial charge in [0.15, 0.2) is 11.5 Å². The summed E-state index contributed by atoms with van der Waals surface area (Å²) < 4.78 is 18.4. The summed E-state index contributed by atoms with van der Waals surface area (Å²) in [5, 5.41) is 8.00. The van der Waals surface area contributed by atoms with E-state index in [9.17, 15) is 4.79 Å². The highest BCUT2D eigenvalue weighted by molar-refractivity contribution is 6.00. The molecule has 7 nitrogen and oxygen atoms in total. The smallest absolute Gasteiger partial charge is 0.255 e. The lowest BCUT2D eigenvalue weighted by Crippen LogP contribution is -2.32. The van der Waals surface area contributed by atoms with Crippen molar-refractivity contribution in [2.24, 2.45) is 0 Å². The molecule has 2 heterocycles. The molecule has 35 heavy (non-hydrogen) atoms. The number of ether oxygens (including phenoxy) is 3. The fourth-order valence-electron chi connectivity index (χ4n) is 4.36. The standard InChI is InChI=1S/C28H27N3O4/c1-33-25-13-12-20(16-26(25)34-2)27-22(18-31(30-27)17-19-8-4-3-5-9-19)28(32)29-23-14-15-35-24-11-7-6-10-21(23)24/h3-13,16,18,23H,14-15,17H2,1-2H3,(H,29,32)/t23-/m0/s1. The van der Waals surface area contributed by atoms with Crippen LogP contribution in [0.4, 0.5) is 0 Å². The van der Waals surface area contributed by atoms with Crippen molar-refractivity contribution in [3.05, 3.63) is 95.7 Å². The highest BCUT2D eigenvalue weighted by atomic mass is 16.5. The van der Waals surface area contributed by atoms with Gasteiger partial charge in [-0.25, -0.2) is 0 Å². The van der Waals surface area contributed by atoms with E-state index in [1.54, 1.807) is 25.1 Å².